The first kappa shape index (κ1) is 11.3. The highest BCUT2D eigenvalue weighted by Gasteiger charge is 2.34. The quantitative estimate of drug-likeness (QED) is 0.660. The molecule has 1 rings (SSSR count). The Bertz CT molecular complexity index is 426. The van der Waals surface area contributed by atoms with Gasteiger partial charge in [0, 0.05) is 6.20 Å². The Labute approximate surface area is 85.9 Å². The van der Waals surface area contributed by atoms with Gasteiger partial charge < -0.3 is 4.57 Å². The van der Waals surface area contributed by atoms with Gasteiger partial charge in [0.25, 0.3) is 0 Å². The maximum Gasteiger partial charge on any atom is 0.431 e. The topological polar surface area (TPSA) is 4.93 Å². The van der Waals surface area contributed by atoms with Crippen LogP contribution in [0.25, 0.3) is 0 Å². The van der Waals surface area contributed by atoms with Crippen molar-refractivity contribution in [2.75, 3.05) is 0 Å². The molecular formula is C11H7F3N. The van der Waals surface area contributed by atoms with Crippen LogP contribution in [0.1, 0.15) is 11.3 Å². The molecule has 0 fully saturated rings. The van der Waals surface area contributed by atoms with Crippen molar-refractivity contribution < 1.29 is 13.2 Å². The molecule has 4 heteroatoms. The summed E-state index contributed by atoms with van der Waals surface area (Å²) >= 11 is 0. The van der Waals surface area contributed by atoms with Crippen LogP contribution in [0.4, 0.5) is 13.2 Å². The van der Waals surface area contributed by atoms with Gasteiger partial charge in [-0.3, -0.25) is 0 Å². The Morgan fingerprint density at radius 2 is 2.07 bits per heavy atom. The molecular weight excluding hydrogens is 203 g/mol. The Hall–Kier alpha value is -1.81. The normalized spacial score (nSPS) is 10.7. The lowest BCUT2D eigenvalue weighted by atomic mass is 10.2. The molecule has 0 aliphatic carbocycles. The van der Waals surface area contributed by atoms with Crippen molar-refractivity contribution in [2.24, 2.45) is 0 Å². The number of alkyl halides is 3. The number of nitrogens with zero attached hydrogens (tertiary/aromatic N) is 1. The van der Waals surface area contributed by atoms with Gasteiger partial charge in [0.05, 0.1) is 13.0 Å². The van der Waals surface area contributed by atoms with Gasteiger partial charge in [-0.15, -0.1) is 12.8 Å². The minimum atomic E-state index is -4.42. The smallest absolute Gasteiger partial charge is 0.332 e. The molecule has 0 unspecified atom stereocenters. The number of hydrogen-bond donors (Lipinski definition) is 0. The van der Waals surface area contributed by atoms with Crippen molar-refractivity contribution in [2.45, 2.75) is 12.7 Å². The molecule has 0 aliphatic heterocycles. The number of aromatic nitrogens is 1. The predicted molar refractivity (Wildman–Crippen MR) is 50.5 cm³/mol. The van der Waals surface area contributed by atoms with Gasteiger partial charge in [0.15, 0.2) is 0 Å². The van der Waals surface area contributed by atoms with Crippen LogP contribution in [0.2, 0.25) is 0 Å². The Kier molecular flexibility index (Phi) is 3.11. The monoisotopic (exact) mass is 210 g/mol. The highest BCUT2D eigenvalue weighted by molar-refractivity contribution is 5.33. The van der Waals surface area contributed by atoms with Crippen LogP contribution in [0.15, 0.2) is 12.3 Å². The second-order valence-corrected chi connectivity index (χ2v) is 2.80. The van der Waals surface area contributed by atoms with E-state index in [0.717, 1.165) is 10.6 Å². The van der Waals surface area contributed by atoms with Crippen LogP contribution in [0.5, 0.6) is 0 Å². The SMILES string of the molecule is C#C[CH]c1cc(C(F)(F)F)n(CC#C)c1. The molecule has 77 valence electrons. The van der Waals surface area contributed by atoms with Crippen LogP contribution in [0.3, 0.4) is 0 Å². The molecule has 1 radical (unpaired) electrons. The first-order valence-electron chi connectivity index (χ1n) is 3.99. The fourth-order valence-electron chi connectivity index (χ4n) is 1.18. The van der Waals surface area contributed by atoms with Gasteiger partial charge in [0.1, 0.15) is 5.69 Å². The van der Waals surface area contributed by atoms with E-state index in [9.17, 15) is 13.2 Å². The number of halogens is 3. The zero-order valence-corrected chi connectivity index (χ0v) is 7.67. The Balaban J connectivity index is 3.14. The third kappa shape index (κ3) is 2.57. The standard InChI is InChI=1S/C11H7F3N/c1-3-5-9-7-10(11(12,13)14)15(8-9)6-4-2/h1-2,5,7-8H,6H2. The summed E-state index contributed by atoms with van der Waals surface area (Å²) in [4.78, 5) is 0. The second kappa shape index (κ2) is 4.14. The van der Waals surface area contributed by atoms with E-state index in [1.165, 1.54) is 12.6 Å². The Morgan fingerprint density at radius 3 is 2.53 bits per heavy atom. The zero-order chi connectivity index (χ0) is 11.5. The van der Waals surface area contributed by atoms with E-state index < -0.39 is 11.9 Å². The maximum absolute atomic E-state index is 12.5. The summed E-state index contributed by atoms with van der Waals surface area (Å²) < 4.78 is 38.4. The van der Waals surface area contributed by atoms with E-state index in [0.29, 0.717) is 5.56 Å². The molecule has 0 bridgehead atoms. The largest absolute Gasteiger partial charge is 0.431 e. The summed E-state index contributed by atoms with van der Waals surface area (Å²) in [5.41, 5.74) is -0.470. The minimum Gasteiger partial charge on any atom is -0.332 e. The highest BCUT2D eigenvalue weighted by Crippen LogP contribution is 2.31. The van der Waals surface area contributed by atoms with E-state index >= 15 is 0 Å². The van der Waals surface area contributed by atoms with Crippen LogP contribution in [-0.4, -0.2) is 4.57 Å². The van der Waals surface area contributed by atoms with Crippen molar-refractivity contribution in [1.29, 1.82) is 0 Å². The molecule has 1 aromatic heterocycles. The third-order valence-electron chi connectivity index (χ3n) is 1.72. The molecule has 0 amide bonds. The lowest BCUT2D eigenvalue weighted by Gasteiger charge is -2.08. The average molecular weight is 210 g/mol. The molecule has 0 atom stereocenters. The van der Waals surface area contributed by atoms with E-state index in [4.69, 9.17) is 12.8 Å². The molecule has 15 heavy (non-hydrogen) atoms. The molecule has 0 N–H and O–H groups in total. The highest BCUT2D eigenvalue weighted by atomic mass is 19.4. The van der Waals surface area contributed by atoms with Crippen LogP contribution >= 0.6 is 0 Å². The molecule has 0 saturated heterocycles. The molecule has 0 saturated carbocycles. The van der Waals surface area contributed by atoms with Crippen molar-refractivity contribution in [3.8, 4) is 24.7 Å². The number of rotatable bonds is 2. The van der Waals surface area contributed by atoms with Gasteiger partial charge in [-0.05, 0) is 11.6 Å². The first-order chi connectivity index (χ1) is 6.99. The van der Waals surface area contributed by atoms with Gasteiger partial charge in [-0.2, -0.15) is 13.2 Å². The molecule has 1 aromatic rings. The van der Waals surface area contributed by atoms with Crippen molar-refractivity contribution in [3.05, 3.63) is 29.9 Å². The van der Waals surface area contributed by atoms with Gasteiger partial charge in [0.2, 0.25) is 0 Å². The van der Waals surface area contributed by atoms with Gasteiger partial charge in [-0.1, -0.05) is 11.8 Å². The number of hydrogen-bond acceptors (Lipinski definition) is 0. The van der Waals surface area contributed by atoms with E-state index in [2.05, 4.69) is 11.8 Å². The van der Waals surface area contributed by atoms with E-state index in [1.807, 2.05) is 0 Å². The lowest BCUT2D eigenvalue weighted by Crippen LogP contribution is -2.12. The summed E-state index contributed by atoms with van der Waals surface area (Å²) in [6.07, 6.45) is 8.05. The van der Waals surface area contributed by atoms with Crippen molar-refractivity contribution in [1.82, 2.24) is 4.57 Å². The third-order valence-corrected chi connectivity index (χ3v) is 1.72. The predicted octanol–water partition coefficient (Wildman–Crippen LogP) is 2.33. The molecule has 1 heterocycles. The summed E-state index contributed by atoms with van der Waals surface area (Å²) in [6, 6.07) is 0.969. The number of terminal acetylenes is 2. The second-order valence-electron chi connectivity index (χ2n) is 2.80. The molecule has 1 nitrogen and oxygen atoms in total. The summed E-state index contributed by atoms with van der Waals surface area (Å²) in [7, 11) is 0. The maximum atomic E-state index is 12.5. The molecule has 0 aliphatic rings. The van der Waals surface area contributed by atoms with Crippen LogP contribution in [0, 0.1) is 31.1 Å². The van der Waals surface area contributed by atoms with Crippen LogP contribution < -0.4 is 0 Å². The lowest BCUT2D eigenvalue weighted by molar-refractivity contribution is -0.143. The fraction of sp³-hybridized carbons (Fsp3) is 0.182. The van der Waals surface area contributed by atoms with Gasteiger partial charge in [-0.25, -0.2) is 0 Å². The van der Waals surface area contributed by atoms with E-state index in [1.54, 1.807) is 0 Å². The van der Waals surface area contributed by atoms with E-state index in [-0.39, 0.29) is 6.54 Å². The van der Waals surface area contributed by atoms with Crippen LogP contribution in [-0.2, 0) is 12.7 Å². The summed E-state index contributed by atoms with van der Waals surface area (Å²) in [5.74, 6) is 4.31. The van der Waals surface area contributed by atoms with Crippen molar-refractivity contribution >= 4 is 0 Å². The van der Waals surface area contributed by atoms with Crippen molar-refractivity contribution in [3.63, 3.8) is 0 Å². The molecule has 0 spiro atoms. The first-order valence-corrected chi connectivity index (χ1v) is 3.99. The summed E-state index contributed by atoms with van der Waals surface area (Å²) in [5, 5.41) is 0. The zero-order valence-electron chi connectivity index (χ0n) is 7.67. The minimum absolute atomic E-state index is 0.132. The average Bonchev–Trinajstić information content (AvgIpc) is 2.49. The Morgan fingerprint density at radius 1 is 1.40 bits per heavy atom. The molecule has 0 aromatic carbocycles. The fourth-order valence-corrected chi connectivity index (χ4v) is 1.18. The summed E-state index contributed by atoms with van der Waals surface area (Å²) in [6.45, 7) is -0.132. The van der Waals surface area contributed by atoms with Gasteiger partial charge >= 0.3 is 6.18 Å².